The van der Waals surface area contributed by atoms with E-state index in [0.717, 1.165) is 25.6 Å². The number of hydrogen-bond acceptors (Lipinski definition) is 3. The first-order valence-electron chi connectivity index (χ1n) is 7.28. The first-order chi connectivity index (χ1) is 8.22. The Morgan fingerprint density at radius 3 is 2.82 bits per heavy atom. The molecule has 4 atom stereocenters. The summed E-state index contributed by atoms with van der Waals surface area (Å²) >= 11 is 0. The van der Waals surface area contributed by atoms with Crippen molar-refractivity contribution in [1.82, 2.24) is 4.90 Å². The highest BCUT2D eigenvalue weighted by atomic mass is 16.5. The number of hydrogen-bond donors (Lipinski definition) is 1. The molecule has 4 unspecified atom stereocenters. The van der Waals surface area contributed by atoms with Gasteiger partial charge < -0.3 is 15.4 Å². The van der Waals surface area contributed by atoms with Gasteiger partial charge in [-0.3, -0.25) is 0 Å². The van der Waals surface area contributed by atoms with Crippen LogP contribution in [0.25, 0.3) is 0 Å². The highest BCUT2D eigenvalue weighted by molar-refractivity contribution is 4.89. The highest BCUT2D eigenvalue weighted by Gasteiger charge is 2.35. The maximum atomic E-state index is 6.50. The molecule has 2 N–H and O–H groups in total. The molecule has 0 aromatic carbocycles. The molecule has 0 aromatic heterocycles. The van der Waals surface area contributed by atoms with E-state index < -0.39 is 0 Å². The predicted octanol–water partition coefficient (Wildman–Crippen LogP) is 1.86. The van der Waals surface area contributed by atoms with Gasteiger partial charge in [0.25, 0.3) is 0 Å². The summed E-state index contributed by atoms with van der Waals surface area (Å²) < 4.78 is 5.89. The van der Waals surface area contributed by atoms with Crippen molar-refractivity contribution in [2.45, 2.75) is 51.2 Å². The van der Waals surface area contributed by atoms with Gasteiger partial charge in [0.2, 0.25) is 0 Å². The molecule has 1 saturated carbocycles. The molecule has 0 radical (unpaired) electrons. The molecule has 3 heteroatoms. The summed E-state index contributed by atoms with van der Waals surface area (Å²) in [5.41, 5.74) is 6.50. The van der Waals surface area contributed by atoms with Gasteiger partial charge in [0.05, 0.1) is 12.7 Å². The van der Waals surface area contributed by atoms with E-state index in [2.05, 4.69) is 18.9 Å². The molecule has 1 heterocycles. The third kappa shape index (κ3) is 3.21. The quantitative estimate of drug-likeness (QED) is 0.818. The molecule has 2 aliphatic rings. The van der Waals surface area contributed by atoms with E-state index in [1.165, 1.54) is 32.1 Å². The number of rotatable bonds is 3. The van der Waals surface area contributed by atoms with E-state index in [0.29, 0.717) is 5.92 Å². The van der Waals surface area contributed by atoms with Crippen molar-refractivity contribution in [3.05, 3.63) is 0 Å². The molecular formula is C14H28N2O. The lowest BCUT2D eigenvalue weighted by Crippen LogP contribution is -2.53. The third-order valence-electron chi connectivity index (χ3n) is 4.71. The van der Waals surface area contributed by atoms with Crippen LogP contribution in [0.4, 0.5) is 0 Å². The van der Waals surface area contributed by atoms with Gasteiger partial charge in [0.1, 0.15) is 0 Å². The molecule has 17 heavy (non-hydrogen) atoms. The van der Waals surface area contributed by atoms with E-state index in [1.54, 1.807) is 0 Å². The maximum absolute atomic E-state index is 6.50. The van der Waals surface area contributed by atoms with Crippen LogP contribution in [-0.2, 0) is 4.74 Å². The largest absolute Gasteiger partial charge is 0.374 e. The number of nitrogens with zero attached hydrogens (tertiary/aromatic N) is 1. The van der Waals surface area contributed by atoms with Crippen molar-refractivity contribution >= 4 is 0 Å². The molecular weight excluding hydrogens is 212 g/mol. The second-order valence-electron chi connectivity index (χ2n) is 5.87. The second-order valence-corrected chi connectivity index (χ2v) is 5.87. The first kappa shape index (κ1) is 13.3. The second kappa shape index (κ2) is 6.17. The first-order valence-corrected chi connectivity index (χ1v) is 7.28. The fourth-order valence-electron chi connectivity index (χ4n) is 3.57. The van der Waals surface area contributed by atoms with Crippen molar-refractivity contribution in [3.63, 3.8) is 0 Å². The van der Waals surface area contributed by atoms with Crippen LogP contribution >= 0.6 is 0 Å². The molecule has 1 aliphatic carbocycles. The average Bonchev–Trinajstić information content (AvgIpc) is 2.38. The molecule has 2 fully saturated rings. The summed E-state index contributed by atoms with van der Waals surface area (Å²) in [5.74, 6) is 1.51. The van der Waals surface area contributed by atoms with Crippen LogP contribution in [-0.4, -0.2) is 43.8 Å². The smallest absolute Gasteiger partial charge is 0.0855 e. The van der Waals surface area contributed by atoms with Gasteiger partial charge >= 0.3 is 0 Å². The van der Waals surface area contributed by atoms with Gasteiger partial charge in [-0.1, -0.05) is 32.6 Å². The number of likely N-dealkylation sites (N-methyl/N-ethyl adjacent to an activating group) is 1. The summed E-state index contributed by atoms with van der Waals surface area (Å²) in [5, 5.41) is 0. The summed E-state index contributed by atoms with van der Waals surface area (Å²) in [4.78, 5) is 2.35. The minimum atomic E-state index is 0.239. The zero-order chi connectivity index (χ0) is 12.3. The Bertz CT molecular complexity index is 234. The van der Waals surface area contributed by atoms with Gasteiger partial charge in [-0.05, 0) is 25.3 Å². The topological polar surface area (TPSA) is 38.5 Å². The molecule has 2 rings (SSSR count). The number of ether oxygens (including phenoxy) is 1. The standard InChI is InChI=1S/C14H28N2O/c1-3-11-6-4-5-7-12(11)14(15)13-10-16(2)8-9-17-13/h11-14H,3-10,15H2,1-2H3. The summed E-state index contributed by atoms with van der Waals surface area (Å²) in [6.07, 6.45) is 6.97. The molecule has 1 aliphatic heterocycles. The van der Waals surface area contributed by atoms with Crippen molar-refractivity contribution in [2.75, 3.05) is 26.7 Å². The molecule has 3 nitrogen and oxygen atoms in total. The molecule has 0 amide bonds. The van der Waals surface area contributed by atoms with Crippen LogP contribution < -0.4 is 5.73 Å². The average molecular weight is 240 g/mol. The number of morpholine rings is 1. The van der Waals surface area contributed by atoms with Gasteiger partial charge in [-0.2, -0.15) is 0 Å². The minimum Gasteiger partial charge on any atom is -0.374 e. The lowest BCUT2D eigenvalue weighted by atomic mass is 9.73. The Morgan fingerprint density at radius 1 is 1.35 bits per heavy atom. The highest BCUT2D eigenvalue weighted by Crippen LogP contribution is 2.35. The predicted molar refractivity (Wildman–Crippen MR) is 71.0 cm³/mol. The lowest BCUT2D eigenvalue weighted by molar-refractivity contribution is -0.0503. The van der Waals surface area contributed by atoms with Gasteiger partial charge in [0.15, 0.2) is 0 Å². The Hall–Kier alpha value is -0.120. The Labute approximate surface area is 106 Å². The lowest BCUT2D eigenvalue weighted by Gasteiger charge is -2.41. The van der Waals surface area contributed by atoms with E-state index in [9.17, 15) is 0 Å². The number of nitrogens with two attached hydrogens (primary N) is 1. The van der Waals surface area contributed by atoms with Gasteiger partial charge in [-0.25, -0.2) is 0 Å². The van der Waals surface area contributed by atoms with Crippen molar-refractivity contribution in [3.8, 4) is 0 Å². The molecule has 0 bridgehead atoms. The van der Waals surface area contributed by atoms with Gasteiger partial charge in [0, 0.05) is 19.1 Å². The zero-order valence-electron chi connectivity index (χ0n) is 11.4. The molecule has 100 valence electrons. The van der Waals surface area contributed by atoms with Crippen LogP contribution in [0.5, 0.6) is 0 Å². The van der Waals surface area contributed by atoms with Crippen molar-refractivity contribution < 1.29 is 4.74 Å². The normalized spacial score (nSPS) is 37.9. The fraction of sp³-hybridized carbons (Fsp3) is 1.00. The zero-order valence-corrected chi connectivity index (χ0v) is 11.4. The Balaban J connectivity index is 1.94. The van der Waals surface area contributed by atoms with Crippen LogP contribution in [0.2, 0.25) is 0 Å². The Kier molecular flexibility index (Phi) is 4.83. The van der Waals surface area contributed by atoms with E-state index in [-0.39, 0.29) is 12.1 Å². The van der Waals surface area contributed by atoms with Crippen LogP contribution in [0.15, 0.2) is 0 Å². The van der Waals surface area contributed by atoms with Crippen LogP contribution in [0.3, 0.4) is 0 Å². The van der Waals surface area contributed by atoms with E-state index >= 15 is 0 Å². The van der Waals surface area contributed by atoms with Crippen molar-refractivity contribution in [2.24, 2.45) is 17.6 Å². The maximum Gasteiger partial charge on any atom is 0.0855 e. The third-order valence-corrected chi connectivity index (χ3v) is 4.71. The summed E-state index contributed by atoms with van der Waals surface area (Å²) in [7, 11) is 2.17. The fourth-order valence-corrected chi connectivity index (χ4v) is 3.57. The van der Waals surface area contributed by atoms with Crippen LogP contribution in [0.1, 0.15) is 39.0 Å². The molecule has 0 aromatic rings. The Morgan fingerprint density at radius 2 is 2.12 bits per heavy atom. The van der Waals surface area contributed by atoms with Crippen LogP contribution in [0, 0.1) is 11.8 Å². The summed E-state index contributed by atoms with van der Waals surface area (Å²) in [6, 6.07) is 0.239. The van der Waals surface area contributed by atoms with Crippen molar-refractivity contribution in [1.29, 1.82) is 0 Å². The van der Waals surface area contributed by atoms with E-state index in [4.69, 9.17) is 10.5 Å². The minimum absolute atomic E-state index is 0.239. The molecule has 0 spiro atoms. The summed E-state index contributed by atoms with van der Waals surface area (Å²) in [6.45, 7) is 5.21. The monoisotopic (exact) mass is 240 g/mol. The van der Waals surface area contributed by atoms with E-state index in [1.807, 2.05) is 0 Å². The SMILES string of the molecule is CCC1CCCCC1C(N)C1CN(C)CCO1. The molecule has 1 saturated heterocycles. The van der Waals surface area contributed by atoms with Gasteiger partial charge in [-0.15, -0.1) is 0 Å².